The first-order chi connectivity index (χ1) is 9.30. The fraction of sp³-hybridized carbons (Fsp3) is 0.333. The highest BCUT2D eigenvalue weighted by atomic mass is 28.3. The molecule has 0 aliphatic rings. The van der Waals surface area contributed by atoms with E-state index >= 15 is 0 Å². The Morgan fingerprint density at radius 2 is 1.40 bits per heavy atom. The molecular weight excluding hydrogens is 258 g/mol. The molecule has 0 saturated carbocycles. The summed E-state index contributed by atoms with van der Waals surface area (Å²) in [5, 5.41) is 3.01. The van der Waals surface area contributed by atoms with Gasteiger partial charge in [0.15, 0.2) is 0 Å². The Balaban J connectivity index is 2.51. The molecule has 0 aromatic heterocycles. The topological polar surface area (TPSA) is 3.24 Å². The first-order valence-electron chi connectivity index (χ1n) is 7.17. The molecule has 0 unspecified atom stereocenters. The van der Waals surface area contributed by atoms with Crippen LogP contribution in [-0.2, 0) is 0 Å². The number of hydrogen-bond donors (Lipinski definition) is 0. The van der Waals surface area contributed by atoms with E-state index in [1.807, 2.05) is 0 Å². The van der Waals surface area contributed by atoms with Crippen LogP contribution in [0.2, 0.25) is 13.1 Å². The van der Waals surface area contributed by atoms with E-state index in [1.165, 1.54) is 27.2 Å². The van der Waals surface area contributed by atoms with Gasteiger partial charge in [0.1, 0.15) is 8.07 Å². The lowest BCUT2D eigenvalue weighted by Crippen LogP contribution is -2.53. The van der Waals surface area contributed by atoms with Gasteiger partial charge in [-0.3, -0.25) is 0 Å². The zero-order valence-electron chi connectivity index (χ0n) is 13.5. The third-order valence-electron chi connectivity index (χ3n) is 4.03. The Kier molecular flexibility index (Phi) is 4.05. The Morgan fingerprint density at radius 1 is 0.800 bits per heavy atom. The summed E-state index contributed by atoms with van der Waals surface area (Å²) >= 11 is 0. The van der Waals surface area contributed by atoms with Crippen LogP contribution in [0.5, 0.6) is 0 Å². The predicted molar refractivity (Wildman–Crippen MR) is 93.4 cm³/mol. The first kappa shape index (κ1) is 14.9. The maximum atomic E-state index is 2.44. The zero-order valence-corrected chi connectivity index (χ0v) is 14.5. The highest BCUT2D eigenvalue weighted by molar-refractivity contribution is 7.00. The molecule has 0 bridgehead atoms. The molecule has 2 aromatic rings. The molecule has 0 amide bonds. The SMILES string of the molecule is Cc1cc(C)cc([Si](C)(C)c2cccc(N(C)C)c2)c1. The van der Waals surface area contributed by atoms with Crippen molar-refractivity contribution < 1.29 is 0 Å². The first-order valence-corrected chi connectivity index (χ1v) is 10.2. The minimum absolute atomic E-state index is 1.28. The fourth-order valence-electron chi connectivity index (χ4n) is 2.68. The fourth-order valence-corrected chi connectivity index (χ4v) is 5.21. The monoisotopic (exact) mass is 283 g/mol. The second kappa shape index (κ2) is 5.45. The molecule has 0 aliphatic carbocycles. The van der Waals surface area contributed by atoms with Gasteiger partial charge < -0.3 is 4.90 Å². The summed E-state index contributed by atoms with van der Waals surface area (Å²) in [6.45, 7) is 9.26. The molecule has 0 saturated heterocycles. The van der Waals surface area contributed by atoms with Crippen LogP contribution in [0.15, 0.2) is 42.5 Å². The predicted octanol–water partition coefficient (Wildman–Crippen LogP) is 3.19. The lowest BCUT2D eigenvalue weighted by molar-refractivity contribution is 1.13. The molecule has 2 rings (SSSR count). The Bertz CT molecular complexity index is 594. The molecule has 0 aliphatic heterocycles. The van der Waals surface area contributed by atoms with Crippen molar-refractivity contribution in [2.45, 2.75) is 26.9 Å². The molecule has 0 radical (unpaired) electrons. The van der Waals surface area contributed by atoms with Crippen LogP contribution >= 0.6 is 0 Å². The third-order valence-corrected chi connectivity index (χ3v) is 7.51. The van der Waals surface area contributed by atoms with Crippen LogP contribution in [0.4, 0.5) is 5.69 Å². The molecule has 2 aromatic carbocycles. The van der Waals surface area contributed by atoms with Gasteiger partial charge in [-0.2, -0.15) is 0 Å². The standard InChI is InChI=1S/C18H25NSi/c1-14-10-15(2)12-18(11-14)20(5,6)17-9-7-8-16(13-17)19(3)4/h7-13H,1-6H3. The summed E-state index contributed by atoms with van der Waals surface area (Å²) in [6.07, 6.45) is 0. The molecule has 0 spiro atoms. The minimum atomic E-state index is -1.62. The van der Waals surface area contributed by atoms with Crippen molar-refractivity contribution in [1.29, 1.82) is 0 Å². The second-order valence-electron chi connectivity index (χ2n) is 6.45. The van der Waals surface area contributed by atoms with Crippen LogP contribution in [0.3, 0.4) is 0 Å². The van der Waals surface area contributed by atoms with Gasteiger partial charge in [0.25, 0.3) is 0 Å². The van der Waals surface area contributed by atoms with Gasteiger partial charge in [-0.25, -0.2) is 0 Å². The number of benzene rings is 2. The van der Waals surface area contributed by atoms with Crippen molar-refractivity contribution in [1.82, 2.24) is 0 Å². The van der Waals surface area contributed by atoms with E-state index in [9.17, 15) is 0 Å². The summed E-state index contributed by atoms with van der Waals surface area (Å²) < 4.78 is 0. The van der Waals surface area contributed by atoms with E-state index in [1.54, 1.807) is 0 Å². The number of hydrogen-bond acceptors (Lipinski definition) is 1. The van der Waals surface area contributed by atoms with Gasteiger partial charge in [-0.05, 0) is 26.0 Å². The van der Waals surface area contributed by atoms with Crippen LogP contribution in [0.25, 0.3) is 0 Å². The van der Waals surface area contributed by atoms with Gasteiger partial charge in [0, 0.05) is 19.8 Å². The largest absolute Gasteiger partial charge is 0.378 e. The lowest BCUT2D eigenvalue weighted by Gasteiger charge is -2.26. The van der Waals surface area contributed by atoms with Crippen molar-refractivity contribution in [3.63, 3.8) is 0 Å². The Labute approximate surface area is 124 Å². The van der Waals surface area contributed by atoms with Crippen LogP contribution in [0, 0.1) is 13.8 Å². The Hall–Kier alpha value is -1.54. The van der Waals surface area contributed by atoms with Crippen molar-refractivity contribution in [3.8, 4) is 0 Å². The van der Waals surface area contributed by atoms with Gasteiger partial charge in [-0.15, -0.1) is 0 Å². The summed E-state index contributed by atoms with van der Waals surface area (Å²) in [6, 6.07) is 16.0. The highest BCUT2D eigenvalue weighted by Gasteiger charge is 2.26. The molecule has 1 nitrogen and oxygen atoms in total. The number of anilines is 1. The zero-order chi connectivity index (χ0) is 14.9. The van der Waals surface area contributed by atoms with Crippen LogP contribution in [-0.4, -0.2) is 22.2 Å². The van der Waals surface area contributed by atoms with Crippen molar-refractivity contribution in [3.05, 3.63) is 53.6 Å². The van der Waals surface area contributed by atoms with Crippen molar-refractivity contribution in [2.24, 2.45) is 0 Å². The number of nitrogens with zero attached hydrogens (tertiary/aromatic N) is 1. The van der Waals surface area contributed by atoms with E-state index in [0.717, 1.165) is 0 Å². The molecule has 20 heavy (non-hydrogen) atoms. The minimum Gasteiger partial charge on any atom is -0.378 e. The average Bonchev–Trinajstić information content (AvgIpc) is 2.37. The summed E-state index contributed by atoms with van der Waals surface area (Å²) in [4.78, 5) is 2.18. The summed E-state index contributed by atoms with van der Waals surface area (Å²) in [5.41, 5.74) is 4.01. The van der Waals surface area contributed by atoms with E-state index < -0.39 is 8.07 Å². The van der Waals surface area contributed by atoms with E-state index in [0.29, 0.717) is 0 Å². The van der Waals surface area contributed by atoms with Crippen molar-refractivity contribution in [2.75, 3.05) is 19.0 Å². The third kappa shape index (κ3) is 2.96. The van der Waals surface area contributed by atoms with E-state index in [-0.39, 0.29) is 0 Å². The van der Waals surface area contributed by atoms with Gasteiger partial charge in [-0.1, -0.05) is 64.9 Å². The van der Waals surface area contributed by atoms with Gasteiger partial charge in [0.2, 0.25) is 0 Å². The molecule has 2 heteroatoms. The van der Waals surface area contributed by atoms with Crippen LogP contribution < -0.4 is 15.3 Å². The summed E-state index contributed by atoms with van der Waals surface area (Å²) in [7, 11) is 2.58. The maximum Gasteiger partial charge on any atom is 0.112 e. The summed E-state index contributed by atoms with van der Waals surface area (Å²) in [5.74, 6) is 0. The number of rotatable bonds is 3. The van der Waals surface area contributed by atoms with Crippen molar-refractivity contribution >= 4 is 24.1 Å². The quantitative estimate of drug-likeness (QED) is 0.782. The number of aryl methyl sites for hydroxylation is 2. The molecule has 0 fully saturated rings. The molecule has 0 atom stereocenters. The lowest BCUT2D eigenvalue weighted by atomic mass is 10.2. The Morgan fingerprint density at radius 3 is 1.95 bits per heavy atom. The maximum absolute atomic E-state index is 2.44. The molecule has 0 N–H and O–H groups in total. The highest BCUT2D eigenvalue weighted by Crippen LogP contribution is 2.13. The smallest absolute Gasteiger partial charge is 0.112 e. The second-order valence-corrected chi connectivity index (χ2v) is 10.9. The van der Waals surface area contributed by atoms with Gasteiger partial charge >= 0.3 is 0 Å². The average molecular weight is 283 g/mol. The molecular formula is C18H25NSi. The van der Waals surface area contributed by atoms with E-state index in [2.05, 4.69) is 88.4 Å². The molecule has 106 valence electrons. The van der Waals surface area contributed by atoms with E-state index in [4.69, 9.17) is 0 Å². The molecule has 0 heterocycles. The van der Waals surface area contributed by atoms with Crippen LogP contribution in [0.1, 0.15) is 11.1 Å². The normalized spacial score (nSPS) is 11.5. The van der Waals surface area contributed by atoms with Gasteiger partial charge in [0.05, 0.1) is 0 Å².